The smallest absolute Gasteiger partial charge is 0.292 e. The maximum atomic E-state index is 5.49. The summed E-state index contributed by atoms with van der Waals surface area (Å²) in [5, 5.41) is 0. The zero-order valence-corrected chi connectivity index (χ0v) is 10.2. The van der Waals surface area contributed by atoms with Crippen LogP contribution >= 0.6 is 0 Å². The number of methoxy groups -OCH3 is 1. The largest absolute Gasteiger partial charge is 0.496 e. The Labute approximate surface area is 100 Å². The van der Waals surface area contributed by atoms with Crippen molar-refractivity contribution in [1.29, 1.82) is 0 Å². The number of nitrogens with two attached hydrogens (primary N) is 1. The molecule has 0 bridgehead atoms. The first-order valence-electron chi connectivity index (χ1n) is 5.51. The number of ether oxygens (including phenoxy) is 1. The molecule has 0 saturated carbocycles. The molecular weight excluding hydrogens is 216 g/mol. The molecule has 1 aromatic heterocycles. The average molecular weight is 232 g/mol. The lowest BCUT2D eigenvalue weighted by Gasteiger charge is -2.10. The second kappa shape index (κ2) is 4.49. The van der Waals surface area contributed by atoms with Crippen LogP contribution in [0.15, 0.2) is 28.9 Å². The van der Waals surface area contributed by atoms with Crippen LogP contribution in [0.5, 0.6) is 5.75 Å². The minimum Gasteiger partial charge on any atom is -0.496 e. The average Bonchev–Trinajstić information content (AvgIpc) is 2.74. The van der Waals surface area contributed by atoms with Gasteiger partial charge in [0.15, 0.2) is 0 Å². The topological polar surface area (TPSA) is 61.3 Å². The van der Waals surface area contributed by atoms with E-state index in [0.29, 0.717) is 11.6 Å². The fourth-order valence-corrected chi connectivity index (χ4v) is 1.70. The van der Waals surface area contributed by atoms with E-state index < -0.39 is 0 Å². The highest BCUT2D eigenvalue weighted by molar-refractivity contribution is 5.68. The van der Waals surface area contributed by atoms with Crippen LogP contribution in [0.1, 0.15) is 25.3 Å². The van der Waals surface area contributed by atoms with E-state index in [0.717, 1.165) is 11.3 Å². The van der Waals surface area contributed by atoms with Gasteiger partial charge in [-0.2, -0.15) is 4.98 Å². The first-order chi connectivity index (χ1) is 8.11. The van der Waals surface area contributed by atoms with Crippen molar-refractivity contribution in [3.63, 3.8) is 0 Å². The fourth-order valence-electron chi connectivity index (χ4n) is 1.70. The van der Waals surface area contributed by atoms with E-state index >= 15 is 0 Å². The van der Waals surface area contributed by atoms with E-state index in [2.05, 4.69) is 31.0 Å². The molecule has 4 heteroatoms. The van der Waals surface area contributed by atoms with Gasteiger partial charge in [0.25, 0.3) is 6.01 Å². The van der Waals surface area contributed by atoms with Gasteiger partial charge in [0, 0.05) is 5.56 Å². The quantitative estimate of drug-likeness (QED) is 0.883. The molecule has 1 heterocycles. The molecule has 4 nitrogen and oxygen atoms in total. The summed E-state index contributed by atoms with van der Waals surface area (Å²) in [7, 11) is 1.64. The molecule has 0 radical (unpaired) electrons. The van der Waals surface area contributed by atoms with Crippen molar-refractivity contribution >= 4 is 6.01 Å². The van der Waals surface area contributed by atoms with Crippen LogP contribution in [0.3, 0.4) is 0 Å². The molecule has 2 aromatic rings. The third kappa shape index (κ3) is 2.25. The van der Waals surface area contributed by atoms with Gasteiger partial charge in [0.05, 0.1) is 7.11 Å². The van der Waals surface area contributed by atoms with Gasteiger partial charge < -0.3 is 14.9 Å². The van der Waals surface area contributed by atoms with Gasteiger partial charge >= 0.3 is 0 Å². The lowest BCUT2D eigenvalue weighted by atomic mass is 9.99. The number of nitrogen functional groups attached to an aromatic ring is 1. The zero-order valence-electron chi connectivity index (χ0n) is 10.2. The number of hydrogen-bond donors (Lipinski definition) is 1. The first-order valence-corrected chi connectivity index (χ1v) is 5.51. The highest BCUT2D eigenvalue weighted by atomic mass is 16.5. The Morgan fingerprint density at radius 1 is 1.35 bits per heavy atom. The second-order valence-electron chi connectivity index (χ2n) is 4.19. The molecule has 0 spiro atoms. The molecular formula is C13H16N2O2. The normalized spacial score (nSPS) is 10.8. The van der Waals surface area contributed by atoms with Crippen molar-refractivity contribution in [3.8, 4) is 17.0 Å². The van der Waals surface area contributed by atoms with E-state index in [4.69, 9.17) is 14.9 Å². The Kier molecular flexibility index (Phi) is 3.04. The van der Waals surface area contributed by atoms with Gasteiger partial charge in [-0.1, -0.05) is 19.9 Å². The number of aromatic nitrogens is 1. The molecule has 0 unspecified atom stereocenters. The molecule has 2 N–H and O–H groups in total. The lowest BCUT2D eigenvalue weighted by molar-refractivity contribution is 0.416. The van der Waals surface area contributed by atoms with Crippen LogP contribution in [0.4, 0.5) is 6.01 Å². The van der Waals surface area contributed by atoms with Crippen molar-refractivity contribution in [2.24, 2.45) is 0 Å². The first kappa shape index (κ1) is 11.5. The zero-order chi connectivity index (χ0) is 12.4. The molecule has 17 heavy (non-hydrogen) atoms. The minimum absolute atomic E-state index is 0.164. The summed E-state index contributed by atoms with van der Waals surface area (Å²) in [5.74, 6) is 1.21. The molecule has 0 atom stereocenters. The van der Waals surface area contributed by atoms with Crippen LogP contribution in [0.25, 0.3) is 11.3 Å². The van der Waals surface area contributed by atoms with Gasteiger partial charge in [-0.15, -0.1) is 0 Å². The van der Waals surface area contributed by atoms with Gasteiger partial charge in [-0.25, -0.2) is 0 Å². The van der Waals surface area contributed by atoms with Crippen molar-refractivity contribution in [3.05, 3.63) is 30.0 Å². The van der Waals surface area contributed by atoms with E-state index in [-0.39, 0.29) is 6.01 Å². The van der Waals surface area contributed by atoms with Gasteiger partial charge in [0.1, 0.15) is 17.7 Å². The minimum atomic E-state index is 0.164. The Hall–Kier alpha value is -1.97. The predicted molar refractivity (Wildman–Crippen MR) is 67.0 cm³/mol. The third-order valence-corrected chi connectivity index (χ3v) is 2.69. The van der Waals surface area contributed by atoms with Crippen LogP contribution in [0.2, 0.25) is 0 Å². The number of benzene rings is 1. The fraction of sp³-hybridized carbons (Fsp3) is 0.308. The summed E-state index contributed by atoms with van der Waals surface area (Å²) < 4.78 is 10.4. The highest BCUT2D eigenvalue weighted by Gasteiger charge is 2.12. The van der Waals surface area contributed by atoms with Crippen molar-refractivity contribution < 1.29 is 9.15 Å². The van der Waals surface area contributed by atoms with E-state index in [1.165, 1.54) is 11.8 Å². The van der Waals surface area contributed by atoms with E-state index in [1.54, 1.807) is 7.11 Å². The van der Waals surface area contributed by atoms with Gasteiger partial charge in [0.2, 0.25) is 0 Å². The number of rotatable bonds is 3. The predicted octanol–water partition coefficient (Wildman–Crippen LogP) is 3.06. The molecule has 0 aliphatic carbocycles. The van der Waals surface area contributed by atoms with Crippen LogP contribution < -0.4 is 10.5 Å². The van der Waals surface area contributed by atoms with Crippen molar-refractivity contribution in [2.45, 2.75) is 19.8 Å². The maximum absolute atomic E-state index is 5.49. The number of hydrogen-bond acceptors (Lipinski definition) is 4. The number of oxazole rings is 1. The summed E-state index contributed by atoms with van der Waals surface area (Å²) in [4.78, 5) is 4.12. The van der Waals surface area contributed by atoms with Gasteiger partial charge in [-0.3, -0.25) is 0 Å². The Morgan fingerprint density at radius 3 is 2.65 bits per heavy atom. The lowest BCUT2D eigenvalue weighted by Crippen LogP contribution is -1.93. The Bertz CT molecular complexity index is 518. The molecule has 0 amide bonds. The SMILES string of the molecule is COc1ccc(C(C)C)cc1-c1coc(N)n1. The monoisotopic (exact) mass is 232 g/mol. The van der Waals surface area contributed by atoms with Crippen molar-refractivity contribution in [1.82, 2.24) is 4.98 Å². The van der Waals surface area contributed by atoms with Crippen molar-refractivity contribution in [2.75, 3.05) is 12.8 Å². The molecule has 0 aliphatic rings. The molecule has 0 aliphatic heterocycles. The Morgan fingerprint density at radius 2 is 2.12 bits per heavy atom. The number of anilines is 1. The summed E-state index contributed by atoms with van der Waals surface area (Å²) in [6.45, 7) is 4.28. The summed E-state index contributed by atoms with van der Waals surface area (Å²) >= 11 is 0. The molecule has 90 valence electrons. The number of nitrogens with zero attached hydrogens (tertiary/aromatic N) is 1. The molecule has 2 rings (SSSR count). The summed E-state index contributed by atoms with van der Waals surface area (Å²) in [6, 6.07) is 6.21. The Balaban J connectivity index is 2.53. The van der Waals surface area contributed by atoms with Crippen LogP contribution in [-0.2, 0) is 0 Å². The standard InChI is InChI=1S/C13H16N2O2/c1-8(2)9-4-5-12(16-3)10(6-9)11-7-17-13(14)15-11/h4-8H,1-3H3,(H2,14,15). The third-order valence-electron chi connectivity index (χ3n) is 2.69. The highest BCUT2D eigenvalue weighted by Crippen LogP contribution is 2.32. The molecule has 0 fully saturated rings. The van der Waals surface area contributed by atoms with E-state index in [1.807, 2.05) is 6.07 Å². The maximum Gasteiger partial charge on any atom is 0.292 e. The van der Waals surface area contributed by atoms with Crippen LogP contribution in [0, 0.1) is 0 Å². The van der Waals surface area contributed by atoms with Crippen LogP contribution in [-0.4, -0.2) is 12.1 Å². The van der Waals surface area contributed by atoms with E-state index in [9.17, 15) is 0 Å². The van der Waals surface area contributed by atoms with Gasteiger partial charge in [-0.05, 0) is 23.6 Å². The summed E-state index contributed by atoms with van der Waals surface area (Å²) in [5.41, 5.74) is 8.31. The molecule has 0 saturated heterocycles. The second-order valence-corrected chi connectivity index (χ2v) is 4.19. The summed E-state index contributed by atoms with van der Waals surface area (Å²) in [6.07, 6.45) is 1.54. The molecule has 1 aromatic carbocycles.